The lowest BCUT2D eigenvalue weighted by atomic mass is 9.83. The number of para-hydroxylation sites is 1. The zero-order valence-corrected chi connectivity index (χ0v) is 21.0. The number of amides is 2. The molecule has 5 rings (SSSR count). The minimum atomic E-state index is -4.78. The summed E-state index contributed by atoms with van der Waals surface area (Å²) in [6.45, 7) is 1.78. The van der Waals surface area contributed by atoms with Crippen LogP contribution in [0.4, 0.5) is 22.4 Å². The largest absolute Gasteiger partial charge is 0.573 e. The molecular formula is C28H27F4N5O2. The van der Waals surface area contributed by atoms with Gasteiger partial charge in [0.2, 0.25) is 0 Å². The van der Waals surface area contributed by atoms with Gasteiger partial charge in [-0.05, 0) is 49.1 Å². The number of alkyl halides is 3. The van der Waals surface area contributed by atoms with Gasteiger partial charge in [-0.15, -0.1) is 13.2 Å². The molecule has 2 amide bonds. The molecule has 2 aromatic carbocycles. The van der Waals surface area contributed by atoms with Crippen LogP contribution < -0.4 is 4.74 Å². The van der Waals surface area contributed by atoms with Crippen molar-refractivity contribution in [2.24, 2.45) is 5.92 Å². The van der Waals surface area contributed by atoms with Crippen LogP contribution in [0.3, 0.4) is 0 Å². The highest BCUT2D eigenvalue weighted by Crippen LogP contribution is 2.37. The van der Waals surface area contributed by atoms with Gasteiger partial charge in [0, 0.05) is 50.1 Å². The molecule has 0 N–H and O–H groups in total. The predicted octanol–water partition coefficient (Wildman–Crippen LogP) is 5.84. The third kappa shape index (κ3) is 6.16. The molecule has 204 valence electrons. The average molecular weight is 542 g/mol. The number of imidazole rings is 1. The number of nitriles is 1. The number of halogens is 4. The fourth-order valence-corrected chi connectivity index (χ4v) is 5.39. The van der Waals surface area contributed by atoms with E-state index in [1.165, 1.54) is 18.2 Å². The van der Waals surface area contributed by atoms with Crippen molar-refractivity contribution in [2.75, 3.05) is 26.2 Å². The van der Waals surface area contributed by atoms with Crippen molar-refractivity contribution < 1.29 is 27.1 Å². The molecule has 2 aliphatic heterocycles. The first-order valence-corrected chi connectivity index (χ1v) is 12.8. The Hall–Kier alpha value is -4.07. The summed E-state index contributed by atoms with van der Waals surface area (Å²) in [5.41, 5.74) is 1.84. The monoisotopic (exact) mass is 541 g/mol. The molecule has 1 aromatic heterocycles. The summed E-state index contributed by atoms with van der Waals surface area (Å²) in [6.07, 6.45) is 0.365. The molecule has 7 nitrogen and oxygen atoms in total. The van der Waals surface area contributed by atoms with Gasteiger partial charge in [-0.3, -0.25) is 0 Å². The van der Waals surface area contributed by atoms with E-state index >= 15 is 0 Å². The lowest BCUT2D eigenvalue weighted by Gasteiger charge is -2.41. The van der Waals surface area contributed by atoms with Gasteiger partial charge >= 0.3 is 12.4 Å². The van der Waals surface area contributed by atoms with Crippen molar-refractivity contribution in [3.63, 3.8) is 0 Å². The highest BCUT2D eigenvalue weighted by atomic mass is 19.4. The molecule has 0 saturated carbocycles. The van der Waals surface area contributed by atoms with E-state index in [1.807, 2.05) is 0 Å². The zero-order valence-electron chi connectivity index (χ0n) is 21.0. The third-order valence-electron chi connectivity index (χ3n) is 7.41. The minimum absolute atomic E-state index is 0.0596. The number of aromatic nitrogens is 2. The van der Waals surface area contributed by atoms with Crippen LogP contribution in [0.15, 0.2) is 61.1 Å². The van der Waals surface area contributed by atoms with E-state index in [0.29, 0.717) is 56.8 Å². The minimum Gasteiger partial charge on any atom is -0.406 e. The number of benzene rings is 2. The van der Waals surface area contributed by atoms with E-state index in [1.54, 1.807) is 57.2 Å². The van der Waals surface area contributed by atoms with E-state index in [4.69, 9.17) is 0 Å². The van der Waals surface area contributed by atoms with Gasteiger partial charge in [0.05, 0.1) is 23.8 Å². The molecular weight excluding hydrogens is 514 g/mol. The Morgan fingerprint density at radius 2 is 1.69 bits per heavy atom. The number of carbonyl (C=O) groups excluding carboxylic acids is 1. The Balaban J connectivity index is 1.39. The van der Waals surface area contributed by atoms with Gasteiger partial charge in [-0.25, -0.2) is 14.2 Å². The first-order chi connectivity index (χ1) is 18.7. The van der Waals surface area contributed by atoms with Gasteiger partial charge in [0.25, 0.3) is 0 Å². The molecule has 0 radical (unpaired) electrons. The number of piperidine rings is 2. The maximum atomic E-state index is 14.4. The molecule has 0 bridgehead atoms. The lowest BCUT2D eigenvalue weighted by Crippen LogP contribution is -2.51. The molecule has 3 heterocycles. The van der Waals surface area contributed by atoms with Gasteiger partial charge in [-0.1, -0.05) is 24.3 Å². The summed E-state index contributed by atoms with van der Waals surface area (Å²) in [5.74, 6) is -1.10. The number of rotatable bonds is 4. The Morgan fingerprint density at radius 1 is 1.00 bits per heavy atom. The van der Waals surface area contributed by atoms with Gasteiger partial charge < -0.3 is 19.1 Å². The first-order valence-electron chi connectivity index (χ1n) is 12.8. The number of ether oxygens (including phenoxy) is 1. The van der Waals surface area contributed by atoms with Crippen LogP contribution >= 0.6 is 0 Å². The number of hydrogen-bond donors (Lipinski definition) is 0. The number of likely N-dealkylation sites (tertiary alicyclic amines) is 2. The third-order valence-corrected chi connectivity index (χ3v) is 7.41. The Bertz CT molecular complexity index is 1340. The van der Waals surface area contributed by atoms with Crippen molar-refractivity contribution in [2.45, 2.75) is 37.5 Å². The van der Waals surface area contributed by atoms with E-state index in [0.717, 1.165) is 5.56 Å². The predicted molar refractivity (Wildman–Crippen MR) is 134 cm³/mol. The smallest absolute Gasteiger partial charge is 0.406 e. The molecule has 2 fully saturated rings. The number of urea groups is 1. The Morgan fingerprint density at radius 3 is 2.36 bits per heavy atom. The van der Waals surface area contributed by atoms with E-state index in [-0.39, 0.29) is 35.4 Å². The molecule has 39 heavy (non-hydrogen) atoms. The molecule has 0 spiro atoms. The molecule has 2 saturated heterocycles. The van der Waals surface area contributed by atoms with Crippen LogP contribution in [0.2, 0.25) is 0 Å². The van der Waals surface area contributed by atoms with Gasteiger partial charge in [0.1, 0.15) is 11.6 Å². The van der Waals surface area contributed by atoms with Crippen molar-refractivity contribution in [1.29, 1.82) is 5.26 Å². The zero-order chi connectivity index (χ0) is 27.6. The second kappa shape index (κ2) is 11.0. The van der Waals surface area contributed by atoms with E-state index in [9.17, 15) is 27.6 Å². The van der Waals surface area contributed by atoms with Crippen molar-refractivity contribution in [3.8, 4) is 17.5 Å². The summed E-state index contributed by atoms with van der Waals surface area (Å²) >= 11 is 0. The number of hydrogen-bond acceptors (Lipinski definition) is 4. The Labute approximate surface area is 223 Å². The van der Waals surface area contributed by atoms with Crippen LogP contribution in [0.25, 0.3) is 5.69 Å². The molecule has 0 aliphatic carbocycles. The number of nitrogens with zero attached hydrogens (tertiary/aromatic N) is 5. The molecule has 2 unspecified atom stereocenters. The van der Waals surface area contributed by atoms with Crippen LogP contribution in [-0.2, 0) is 0 Å². The molecule has 3 aromatic rings. The van der Waals surface area contributed by atoms with Crippen LogP contribution in [-0.4, -0.2) is 57.9 Å². The summed E-state index contributed by atoms with van der Waals surface area (Å²) in [7, 11) is 0. The Kier molecular flexibility index (Phi) is 7.46. The molecule has 11 heteroatoms. The van der Waals surface area contributed by atoms with Crippen LogP contribution in [0.1, 0.15) is 42.4 Å². The normalized spacial score (nSPS) is 20.5. The van der Waals surface area contributed by atoms with E-state index in [2.05, 4.69) is 15.8 Å². The van der Waals surface area contributed by atoms with Gasteiger partial charge in [-0.2, -0.15) is 5.26 Å². The lowest BCUT2D eigenvalue weighted by molar-refractivity contribution is -0.274. The second-order valence-electron chi connectivity index (χ2n) is 9.98. The summed E-state index contributed by atoms with van der Waals surface area (Å²) in [4.78, 5) is 21.6. The maximum Gasteiger partial charge on any atom is 0.573 e. The fraction of sp³-hybridized carbons (Fsp3) is 0.393. The summed E-state index contributed by atoms with van der Waals surface area (Å²) < 4.78 is 57.9. The maximum absolute atomic E-state index is 14.4. The molecule has 2 aliphatic rings. The van der Waals surface area contributed by atoms with E-state index < -0.39 is 6.36 Å². The summed E-state index contributed by atoms with van der Waals surface area (Å²) in [6, 6.07) is 14.2. The highest BCUT2D eigenvalue weighted by Gasteiger charge is 2.36. The second-order valence-corrected chi connectivity index (χ2v) is 9.98. The topological polar surface area (TPSA) is 74.4 Å². The fourth-order valence-electron chi connectivity index (χ4n) is 5.39. The highest BCUT2D eigenvalue weighted by molar-refractivity contribution is 5.75. The van der Waals surface area contributed by atoms with Crippen molar-refractivity contribution in [3.05, 3.63) is 78.1 Å². The molecule has 2 atom stereocenters. The summed E-state index contributed by atoms with van der Waals surface area (Å²) in [5, 5.41) is 9.20. The quantitative estimate of drug-likeness (QED) is 0.389. The van der Waals surface area contributed by atoms with Crippen molar-refractivity contribution >= 4 is 6.03 Å². The average Bonchev–Trinajstić information content (AvgIpc) is 3.42. The SMILES string of the molecule is N#CC1CCN(C(=O)N2CC(c3ccc(OC(F)(F)F)cc3)CC(c3cn(-c4ccccc4F)cn3)C2)CC1. The standard InChI is InChI=1S/C28H27F4N5O2/c29-24-3-1-2-4-26(24)37-17-25(34-18-37)22-13-21(20-5-7-23(8-6-20)39-28(30,31)32)15-36(16-22)27(38)35-11-9-19(14-33)10-12-35/h1-8,17-19,21-22H,9-13,15-16H2. The first kappa shape index (κ1) is 26.5. The number of carbonyl (C=O) groups is 1. The van der Waals surface area contributed by atoms with Gasteiger partial charge in [0.15, 0.2) is 0 Å². The van der Waals surface area contributed by atoms with Crippen molar-refractivity contribution in [1.82, 2.24) is 19.4 Å². The van der Waals surface area contributed by atoms with Crippen LogP contribution in [0, 0.1) is 23.1 Å². The van der Waals surface area contributed by atoms with Crippen LogP contribution in [0.5, 0.6) is 5.75 Å².